The Morgan fingerprint density at radius 2 is 2.00 bits per heavy atom. The largest absolute Gasteiger partial charge is 0.498 e. The van der Waals surface area contributed by atoms with Crippen molar-refractivity contribution < 1.29 is 14.3 Å². The standard InChI is InChI=1S/C9H9NO3/c1-2-13-7-3-6-10-8(11)4-5-9(10)12/h2-6H,1,7H2. The topological polar surface area (TPSA) is 46.6 Å². The normalized spacial score (nSPS) is 15.8. The highest BCUT2D eigenvalue weighted by molar-refractivity contribution is 6.13. The van der Waals surface area contributed by atoms with Crippen LogP contribution in [0.3, 0.4) is 0 Å². The maximum Gasteiger partial charge on any atom is 0.257 e. The Morgan fingerprint density at radius 3 is 2.54 bits per heavy atom. The van der Waals surface area contributed by atoms with Crippen molar-refractivity contribution in [3.05, 3.63) is 37.3 Å². The second-order valence-corrected chi connectivity index (χ2v) is 2.26. The molecule has 1 aliphatic rings. The Hall–Kier alpha value is -1.84. The van der Waals surface area contributed by atoms with Crippen LogP contribution >= 0.6 is 0 Å². The first-order valence-corrected chi connectivity index (χ1v) is 3.70. The summed E-state index contributed by atoms with van der Waals surface area (Å²) in [6, 6.07) is 0. The van der Waals surface area contributed by atoms with Crippen molar-refractivity contribution in [2.45, 2.75) is 0 Å². The Balaban J connectivity index is 2.45. The molecular weight excluding hydrogens is 170 g/mol. The van der Waals surface area contributed by atoms with Crippen LogP contribution in [0.4, 0.5) is 0 Å². The van der Waals surface area contributed by atoms with Gasteiger partial charge in [0.25, 0.3) is 11.8 Å². The highest BCUT2D eigenvalue weighted by Gasteiger charge is 2.19. The average molecular weight is 179 g/mol. The molecule has 1 rings (SSSR count). The van der Waals surface area contributed by atoms with E-state index >= 15 is 0 Å². The predicted octanol–water partition coefficient (Wildman–Crippen LogP) is 0.585. The van der Waals surface area contributed by atoms with E-state index in [9.17, 15) is 9.59 Å². The fourth-order valence-electron chi connectivity index (χ4n) is 0.831. The van der Waals surface area contributed by atoms with E-state index in [1.807, 2.05) is 0 Å². The summed E-state index contributed by atoms with van der Waals surface area (Å²) in [5.74, 6) is -0.667. The van der Waals surface area contributed by atoms with Gasteiger partial charge in [-0.15, -0.1) is 0 Å². The molecule has 0 saturated carbocycles. The molecule has 0 aromatic carbocycles. The van der Waals surface area contributed by atoms with E-state index < -0.39 is 0 Å². The number of amides is 2. The Morgan fingerprint density at radius 1 is 1.38 bits per heavy atom. The van der Waals surface area contributed by atoms with Gasteiger partial charge in [0, 0.05) is 18.4 Å². The molecule has 0 radical (unpaired) electrons. The molecule has 0 bridgehead atoms. The second-order valence-electron chi connectivity index (χ2n) is 2.26. The lowest BCUT2D eigenvalue weighted by Gasteiger charge is -2.05. The fraction of sp³-hybridized carbons (Fsp3) is 0.111. The van der Waals surface area contributed by atoms with Crippen LogP contribution in [-0.2, 0) is 14.3 Å². The van der Waals surface area contributed by atoms with Crippen molar-refractivity contribution in [1.82, 2.24) is 4.90 Å². The molecule has 0 atom stereocenters. The van der Waals surface area contributed by atoms with Crippen LogP contribution < -0.4 is 0 Å². The molecule has 0 spiro atoms. The number of carbonyl (C=O) groups excluding carboxylic acids is 2. The van der Waals surface area contributed by atoms with E-state index in [1.54, 1.807) is 6.08 Å². The van der Waals surface area contributed by atoms with Crippen LogP contribution in [0, 0.1) is 0 Å². The lowest BCUT2D eigenvalue weighted by atomic mass is 10.5. The molecule has 4 nitrogen and oxygen atoms in total. The summed E-state index contributed by atoms with van der Waals surface area (Å²) in [6.07, 6.45) is 6.68. The van der Waals surface area contributed by atoms with Gasteiger partial charge in [-0.05, 0) is 6.08 Å². The van der Waals surface area contributed by atoms with Crippen molar-refractivity contribution >= 4 is 11.8 Å². The van der Waals surface area contributed by atoms with E-state index in [4.69, 9.17) is 4.74 Å². The fourth-order valence-corrected chi connectivity index (χ4v) is 0.831. The van der Waals surface area contributed by atoms with Gasteiger partial charge in [-0.1, -0.05) is 6.58 Å². The van der Waals surface area contributed by atoms with Gasteiger partial charge in [-0.3, -0.25) is 14.5 Å². The minimum atomic E-state index is -0.333. The third-order valence-electron chi connectivity index (χ3n) is 1.41. The molecule has 0 aromatic heterocycles. The average Bonchev–Trinajstić information content (AvgIpc) is 2.42. The summed E-state index contributed by atoms with van der Waals surface area (Å²) < 4.78 is 4.77. The third-order valence-corrected chi connectivity index (χ3v) is 1.41. The molecule has 0 aromatic rings. The quantitative estimate of drug-likeness (QED) is 0.360. The van der Waals surface area contributed by atoms with Gasteiger partial charge in [0.1, 0.15) is 6.61 Å². The number of nitrogens with zero attached hydrogens (tertiary/aromatic N) is 1. The van der Waals surface area contributed by atoms with Gasteiger partial charge in [-0.2, -0.15) is 0 Å². The first-order chi connectivity index (χ1) is 6.25. The maximum atomic E-state index is 11.0. The molecular formula is C9H9NO3. The minimum absolute atomic E-state index is 0.292. The van der Waals surface area contributed by atoms with Gasteiger partial charge >= 0.3 is 0 Å². The third kappa shape index (κ3) is 2.30. The zero-order valence-corrected chi connectivity index (χ0v) is 6.97. The van der Waals surface area contributed by atoms with E-state index in [-0.39, 0.29) is 11.8 Å². The molecule has 13 heavy (non-hydrogen) atoms. The summed E-state index contributed by atoms with van der Waals surface area (Å²) in [5.41, 5.74) is 0. The van der Waals surface area contributed by atoms with Crippen LogP contribution in [-0.4, -0.2) is 23.3 Å². The van der Waals surface area contributed by atoms with Crippen LogP contribution in [0.5, 0.6) is 0 Å². The summed E-state index contributed by atoms with van der Waals surface area (Å²) >= 11 is 0. The highest BCUT2D eigenvalue weighted by atomic mass is 16.5. The van der Waals surface area contributed by atoms with Crippen molar-refractivity contribution in [3.8, 4) is 0 Å². The molecule has 0 saturated heterocycles. The molecule has 0 fully saturated rings. The predicted molar refractivity (Wildman–Crippen MR) is 46.3 cm³/mol. The lowest BCUT2D eigenvalue weighted by Crippen LogP contribution is -2.23. The first-order valence-electron chi connectivity index (χ1n) is 3.70. The van der Waals surface area contributed by atoms with Crippen LogP contribution in [0.2, 0.25) is 0 Å². The molecule has 0 unspecified atom stereocenters. The van der Waals surface area contributed by atoms with E-state index in [2.05, 4.69) is 6.58 Å². The number of ether oxygens (including phenoxy) is 1. The van der Waals surface area contributed by atoms with Crippen LogP contribution in [0.25, 0.3) is 0 Å². The Labute approximate surface area is 75.8 Å². The first kappa shape index (κ1) is 9.25. The molecule has 4 heteroatoms. The number of carbonyl (C=O) groups is 2. The number of imide groups is 1. The maximum absolute atomic E-state index is 11.0. The van der Waals surface area contributed by atoms with Crippen molar-refractivity contribution in [2.24, 2.45) is 0 Å². The van der Waals surface area contributed by atoms with Gasteiger partial charge in [0.05, 0.1) is 6.26 Å². The van der Waals surface area contributed by atoms with Gasteiger partial charge < -0.3 is 4.74 Å². The zero-order valence-electron chi connectivity index (χ0n) is 6.97. The van der Waals surface area contributed by atoms with E-state index in [1.165, 1.54) is 24.6 Å². The molecule has 68 valence electrons. The van der Waals surface area contributed by atoms with Gasteiger partial charge in [-0.25, -0.2) is 0 Å². The summed E-state index contributed by atoms with van der Waals surface area (Å²) in [5, 5.41) is 0. The summed E-state index contributed by atoms with van der Waals surface area (Å²) in [4.78, 5) is 22.9. The molecule has 2 amide bonds. The highest BCUT2D eigenvalue weighted by Crippen LogP contribution is 2.03. The van der Waals surface area contributed by atoms with E-state index in [0.29, 0.717) is 6.61 Å². The van der Waals surface area contributed by atoms with Crippen LogP contribution in [0.1, 0.15) is 0 Å². The Kier molecular flexibility index (Phi) is 3.03. The smallest absolute Gasteiger partial charge is 0.257 e. The van der Waals surface area contributed by atoms with Gasteiger partial charge in [0.2, 0.25) is 0 Å². The number of rotatable bonds is 4. The van der Waals surface area contributed by atoms with Crippen LogP contribution in [0.15, 0.2) is 37.3 Å². The summed E-state index contributed by atoms with van der Waals surface area (Å²) in [6.45, 7) is 3.64. The lowest BCUT2D eigenvalue weighted by molar-refractivity contribution is -0.133. The Bertz CT molecular complexity index is 273. The molecule has 0 N–H and O–H groups in total. The van der Waals surface area contributed by atoms with Gasteiger partial charge in [0.15, 0.2) is 0 Å². The number of hydrogen-bond donors (Lipinski definition) is 0. The monoisotopic (exact) mass is 179 g/mol. The van der Waals surface area contributed by atoms with Crippen molar-refractivity contribution in [1.29, 1.82) is 0 Å². The second kappa shape index (κ2) is 4.25. The number of hydrogen-bond acceptors (Lipinski definition) is 3. The molecule has 1 aliphatic heterocycles. The SMILES string of the molecule is C=COCC=CN1C(=O)C=CC1=O. The van der Waals surface area contributed by atoms with E-state index in [0.717, 1.165) is 4.90 Å². The summed E-state index contributed by atoms with van der Waals surface area (Å²) in [7, 11) is 0. The zero-order chi connectivity index (χ0) is 9.68. The molecule has 1 heterocycles. The van der Waals surface area contributed by atoms with Crippen molar-refractivity contribution in [2.75, 3.05) is 6.61 Å². The van der Waals surface area contributed by atoms with Crippen molar-refractivity contribution in [3.63, 3.8) is 0 Å². The molecule has 0 aliphatic carbocycles. The minimum Gasteiger partial charge on any atom is -0.498 e.